The third-order valence-electron chi connectivity index (χ3n) is 6.76. The number of benzene rings is 2. The van der Waals surface area contributed by atoms with E-state index >= 15 is 0 Å². The molecule has 182 valence electrons. The topological polar surface area (TPSA) is 126 Å². The van der Waals surface area contributed by atoms with Crippen LogP contribution < -0.4 is 15.8 Å². The fourth-order valence-corrected chi connectivity index (χ4v) is 4.82. The molecule has 1 aliphatic rings. The minimum Gasteiger partial charge on any atom is -0.456 e. The Morgan fingerprint density at radius 1 is 1.31 bits per heavy atom. The predicted molar refractivity (Wildman–Crippen MR) is 132 cm³/mol. The van der Waals surface area contributed by atoms with Crippen LogP contribution in [0.2, 0.25) is 0 Å². The molecule has 4 N–H and O–H groups in total. The quantitative estimate of drug-likeness (QED) is 0.461. The van der Waals surface area contributed by atoms with E-state index in [0.717, 1.165) is 29.7 Å². The number of rotatable bonds is 8. The number of nitriles is 1. The number of nitrogens with one attached hydrogen (secondary N) is 1. The van der Waals surface area contributed by atoms with Gasteiger partial charge in [0.25, 0.3) is 0 Å². The molecule has 1 fully saturated rings. The van der Waals surface area contributed by atoms with Crippen LogP contribution in [0, 0.1) is 11.3 Å². The average molecular weight is 474 g/mol. The second-order valence-corrected chi connectivity index (χ2v) is 9.08. The van der Waals surface area contributed by atoms with Gasteiger partial charge in [-0.2, -0.15) is 5.26 Å². The van der Waals surface area contributed by atoms with Crippen LogP contribution >= 0.6 is 0 Å². The molecule has 1 saturated heterocycles. The summed E-state index contributed by atoms with van der Waals surface area (Å²) in [5.41, 5.74) is 8.65. The Balaban J connectivity index is 1.62. The maximum Gasteiger partial charge on any atom is 0.230 e. The molecule has 1 aliphatic heterocycles. The van der Waals surface area contributed by atoms with Crippen LogP contribution in [0.5, 0.6) is 11.5 Å². The van der Waals surface area contributed by atoms with Crippen molar-refractivity contribution < 1.29 is 14.6 Å². The highest BCUT2D eigenvalue weighted by Gasteiger charge is 2.40. The molecule has 0 bridgehead atoms. The van der Waals surface area contributed by atoms with Crippen molar-refractivity contribution in [3.63, 3.8) is 0 Å². The molecule has 8 heteroatoms. The van der Waals surface area contributed by atoms with E-state index in [0.29, 0.717) is 42.9 Å². The number of amides is 1. The zero-order valence-corrected chi connectivity index (χ0v) is 19.9. The van der Waals surface area contributed by atoms with Gasteiger partial charge in [-0.15, -0.1) is 0 Å². The number of aromatic nitrogens is 2. The molecule has 2 unspecified atom stereocenters. The van der Waals surface area contributed by atoms with Gasteiger partial charge in [-0.05, 0) is 61.1 Å². The van der Waals surface area contributed by atoms with E-state index in [1.807, 2.05) is 41.9 Å². The Kier molecular flexibility index (Phi) is 7.49. The Labute approximate surface area is 205 Å². The van der Waals surface area contributed by atoms with E-state index < -0.39 is 5.41 Å². The molecule has 0 radical (unpaired) electrons. The number of nitrogens with two attached hydrogens (primary N) is 1. The van der Waals surface area contributed by atoms with Gasteiger partial charge in [0.2, 0.25) is 5.91 Å². The van der Waals surface area contributed by atoms with Crippen molar-refractivity contribution >= 4 is 5.91 Å². The van der Waals surface area contributed by atoms with Crippen LogP contribution in [0.15, 0.2) is 55.0 Å². The number of hydrogen-bond donors (Lipinski definition) is 3. The number of aryl methyl sites for hydroxylation is 1. The molecule has 0 spiro atoms. The van der Waals surface area contributed by atoms with Gasteiger partial charge in [0, 0.05) is 26.4 Å². The minimum atomic E-state index is -0.805. The van der Waals surface area contributed by atoms with Crippen molar-refractivity contribution in [2.24, 2.45) is 12.8 Å². The molecule has 0 aliphatic carbocycles. The molecule has 2 heterocycles. The summed E-state index contributed by atoms with van der Waals surface area (Å²) in [4.78, 5) is 17.2. The van der Waals surface area contributed by atoms with E-state index in [1.54, 1.807) is 24.7 Å². The number of hydrogen-bond acceptors (Lipinski definition) is 6. The van der Waals surface area contributed by atoms with Gasteiger partial charge >= 0.3 is 0 Å². The Hall–Kier alpha value is -3.67. The van der Waals surface area contributed by atoms with Gasteiger partial charge in [-0.25, -0.2) is 4.98 Å². The first-order chi connectivity index (χ1) is 17.0. The van der Waals surface area contributed by atoms with E-state index in [9.17, 15) is 15.2 Å². The lowest BCUT2D eigenvalue weighted by Crippen LogP contribution is -2.43. The number of carbonyl (C=O) groups excluding carboxylic acids is 1. The Bertz CT molecular complexity index is 1230. The second kappa shape index (κ2) is 10.7. The van der Waals surface area contributed by atoms with Crippen molar-refractivity contribution in [3.8, 4) is 17.6 Å². The first-order valence-electron chi connectivity index (χ1n) is 11.9. The van der Waals surface area contributed by atoms with Crippen molar-refractivity contribution in [2.45, 2.75) is 43.6 Å². The molecule has 35 heavy (non-hydrogen) atoms. The number of carbonyl (C=O) groups is 1. The lowest BCUT2D eigenvalue weighted by Gasteiger charge is -2.31. The van der Waals surface area contributed by atoms with Gasteiger partial charge in [-0.3, -0.25) is 4.79 Å². The molecule has 0 saturated carbocycles. The maximum absolute atomic E-state index is 13.0. The van der Waals surface area contributed by atoms with Crippen molar-refractivity contribution in [3.05, 3.63) is 77.4 Å². The zero-order valence-electron chi connectivity index (χ0n) is 19.9. The number of nitrogens with zero attached hydrogens (tertiary/aromatic N) is 3. The lowest BCUT2D eigenvalue weighted by molar-refractivity contribution is -0.127. The van der Waals surface area contributed by atoms with E-state index in [2.05, 4.69) is 16.4 Å². The van der Waals surface area contributed by atoms with Gasteiger partial charge in [-0.1, -0.05) is 24.6 Å². The predicted octanol–water partition coefficient (Wildman–Crippen LogP) is 3.25. The van der Waals surface area contributed by atoms with Crippen molar-refractivity contribution in [1.82, 2.24) is 14.9 Å². The van der Waals surface area contributed by atoms with E-state index in [-0.39, 0.29) is 18.6 Å². The average Bonchev–Trinajstić information content (AvgIpc) is 3.20. The first kappa shape index (κ1) is 24.5. The van der Waals surface area contributed by atoms with E-state index in [4.69, 9.17) is 10.5 Å². The summed E-state index contributed by atoms with van der Waals surface area (Å²) < 4.78 is 8.08. The van der Waals surface area contributed by atoms with Gasteiger partial charge in [0.05, 0.1) is 29.0 Å². The maximum atomic E-state index is 13.0. The molecular weight excluding hydrogens is 442 g/mol. The van der Waals surface area contributed by atoms with Crippen LogP contribution in [0.4, 0.5) is 0 Å². The fraction of sp³-hybridized carbons (Fsp3) is 0.370. The zero-order chi connectivity index (χ0) is 24.8. The molecule has 8 nitrogen and oxygen atoms in total. The summed E-state index contributed by atoms with van der Waals surface area (Å²) in [5.74, 6) is 0.896. The summed E-state index contributed by atoms with van der Waals surface area (Å²) >= 11 is 0. The van der Waals surface area contributed by atoms with E-state index in [1.165, 1.54) is 0 Å². The SMILES string of the molecule is Cn1cncc1C(N)Cc1ccc(C#N)c(Oc2cccc(C3(CCO)CCCCNC3=O)c2)c1. The smallest absolute Gasteiger partial charge is 0.230 e. The number of aliphatic hydroxyl groups excluding tert-OH is 1. The van der Waals surface area contributed by atoms with Gasteiger partial charge < -0.3 is 25.5 Å². The highest BCUT2D eigenvalue weighted by molar-refractivity contribution is 5.88. The minimum absolute atomic E-state index is 0.0648. The molecule has 2 atom stereocenters. The van der Waals surface area contributed by atoms with Crippen LogP contribution in [0.25, 0.3) is 0 Å². The summed E-state index contributed by atoms with van der Waals surface area (Å²) in [7, 11) is 1.90. The van der Waals surface area contributed by atoms with Crippen LogP contribution in [-0.4, -0.2) is 33.7 Å². The van der Waals surface area contributed by atoms with Crippen LogP contribution in [0.1, 0.15) is 54.1 Å². The number of imidazole rings is 1. The van der Waals surface area contributed by atoms with Crippen molar-refractivity contribution in [2.75, 3.05) is 13.2 Å². The Morgan fingerprint density at radius 2 is 2.17 bits per heavy atom. The molecule has 3 aromatic rings. The van der Waals surface area contributed by atoms with Gasteiger partial charge in [0.1, 0.15) is 17.6 Å². The molecular formula is C27H31N5O3. The fourth-order valence-electron chi connectivity index (χ4n) is 4.82. The standard InChI is InChI=1S/C27H31N5O3/c1-32-18-30-17-24(32)23(29)13-19-7-8-20(16-28)25(14-19)35-22-6-4-5-21(15-22)27(10-12-33)9-2-3-11-31-26(27)34/h4-8,14-15,17-18,23,33H,2-3,9-13,29H2,1H3,(H,31,34). The summed E-state index contributed by atoms with van der Waals surface area (Å²) in [6, 6.07) is 14.8. The molecule has 2 aromatic carbocycles. The van der Waals surface area contributed by atoms with Crippen LogP contribution in [0.3, 0.4) is 0 Å². The monoisotopic (exact) mass is 473 g/mol. The summed E-state index contributed by atoms with van der Waals surface area (Å²) in [5, 5.41) is 22.4. The molecule has 1 amide bonds. The third-order valence-corrected chi connectivity index (χ3v) is 6.76. The molecule has 4 rings (SSSR count). The number of aliphatic hydroxyl groups is 1. The van der Waals surface area contributed by atoms with Gasteiger partial charge in [0.15, 0.2) is 0 Å². The third kappa shape index (κ3) is 5.21. The Morgan fingerprint density at radius 3 is 2.91 bits per heavy atom. The largest absolute Gasteiger partial charge is 0.456 e. The van der Waals surface area contributed by atoms with Crippen molar-refractivity contribution in [1.29, 1.82) is 5.26 Å². The lowest BCUT2D eigenvalue weighted by atomic mass is 9.73. The summed E-state index contributed by atoms with van der Waals surface area (Å²) in [6.45, 7) is 0.553. The highest BCUT2D eigenvalue weighted by Crippen LogP contribution is 2.38. The highest BCUT2D eigenvalue weighted by atomic mass is 16.5. The normalized spacial score (nSPS) is 18.9. The number of ether oxygens (including phenoxy) is 1. The first-order valence-corrected chi connectivity index (χ1v) is 11.9. The van der Waals surface area contributed by atoms with Crippen LogP contribution in [-0.2, 0) is 23.7 Å². The summed E-state index contributed by atoms with van der Waals surface area (Å²) in [6.07, 6.45) is 6.83. The second-order valence-electron chi connectivity index (χ2n) is 9.08. The molecule has 1 aromatic heterocycles.